The molecular formula is C15H23FIN. The molecule has 18 heavy (non-hydrogen) atoms. The lowest BCUT2D eigenvalue weighted by Gasteiger charge is -2.37. The van der Waals surface area contributed by atoms with Crippen molar-refractivity contribution >= 4 is 0 Å². The lowest BCUT2D eigenvalue weighted by atomic mass is 9.78. The topological polar surface area (TPSA) is 0 Å². The normalized spacial score (nSPS) is 18.4. The third-order valence-electron chi connectivity index (χ3n) is 3.77. The minimum Gasteiger partial charge on any atom is -1.00 e. The summed E-state index contributed by atoms with van der Waals surface area (Å²) in [6.07, 6.45) is 4.95. The molecule has 102 valence electrons. The average Bonchev–Trinajstić information content (AvgIpc) is 2.65. The van der Waals surface area contributed by atoms with Crippen LogP contribution in [0.5, 0.6) is 0 Å². The van der Waals surface area contributed by atoms with E-state index < -0.39 is 0 Å². The molecule has 1 aliphatic carbocycles. The van der Waals surface area contributed by atoms with Crippen LogP contribution in [0.1, 0.15) is 31.2 Å². The first kappa shape index (κ1) is 15.9. The van der Waals surface area contributed by atoms with E-state index in [1.165, 1.54) is 37.3 Å². The SMILES string of the molecule is C[N+](C)(C)CC1(c2cccc(F)c2)CCCC1.[I-]. The van der Waals surface area contributed by atoms with Gasteiger partial charge in [-0.1, -0.05) is 25.0 Å². The summed E-state index contributed by atoms with van der Waals surface area (Å²) >= 11 is 0. The Morgan fingerprint density at radius 1 is 1.17 bits per heavy atom. The number of hydrogen-bond donors (Lipinski definition) is 0. The van der Waals surface area contributed by atoms with Crippen molar-refractivity contribution in [1.82, 2.24) is 0 Å². The molecule has 0 aliphatic heterocycles. The second-order valence-corrected chi connectivity index (χ2v) is 6.45. The molecule has 2 rings (SSSR count). The van der Waals surface area contributed by atoms with Crippen LogP contribution < -0.4 is 24.0 Å². The maximum atomic E-state index is 13.4. The van der Waals surface area contributed by atoms with Gasteiger partial charge in [0.05, 0.1) is 27.7 Å². The van der Waals surface area contributed by atoms with E-state index in [1.54, 1.807) is 6.07 Å². The molecule has 0 amide bonds. The van der Waals surface area contributed by atoms with Crippen molar-refractivity contribution in [1.29, 1.82) is 0 Å². The molecule has 3 heteroatoms. The summed E-state index contributed by atoms with van der Waals surface area (Å²) in [5.41, 5.74) is 1.39. The minimum absolute atomic E-state index is 0. The van der Waals surface area contributed by atoms with Crippen LogP contribution in [0.3, 0.4) is 0 Å². The zero-order chi connectivity index (χ0) is 12.5. The number of quaternary nitrogens is 1. The van der Waals surface area contributed by atoms with Gasteiger partial charge in [0.25, 0.3) is 0 Å². The van der Waals surface area contributed by atoms with Crippen molar-refractivity contribution in [3.63, 3.8) is 0 Å². The Hall–Kier alpha value is -0.160. The van der Waals surface area contributed by atoms with Crippen molar-refractivity contribution in [2.24, 2.45) is 0 Å². The molecule has 0 spiro atoms. The van der Waals surface area contributed by atoms with Crippen LogP contribution in [-0.2, 0) is 5.41 Å². The second-order valence-electron chi connectivity index (χ2n) is 6.45. The van der Waals surface area contributed by atoms with E-state index >= 15 is 0 Å². The molecule has 1 fully saturated rings. The van der Waals surface area contributed by atoms with Gasteiger partial charge in [0.1, 0.15) is 5.82 Å². The fourth-order valence-electron chi connectivity index (χ4n) is 3.32. The van der Waals surface area contributed by atoms with Gasteiger partial charge in [0.2, 0.25) is 0 Å². The summed E-state index contributed by atoms with van der Waals surface area (Å²) in [5.74, 6) is -0.102. The van der Waals surface area contributed by atoms with E-state index in [4.69, 9.17) is 0 Å². The van der Waals surface area contributed by atoms with Crippen LogP contribution in [0.4, 0.5) is 4.39 Å². The molecule has 0 unspecified atom stereocenters. The van der Waals surface area contributed by atoms with Gasteiger partial charge in [0, 0.05) is 5.41 Å². The maximum absolute atomic E-state index is 13.4. The highest BCUT2D eigenvalue weighted by molar-refractivity contribution is 5.27. The molecule has 0 atom stereocenters. The Morgan fingerprint density at radius 2 is 1.78 bits per heavy atom. The minimum atomic E-state index is -0.102. The zero-order valence-corrected chi connectivity index (χ0v) is 13.7. The van der Waals surface area contributed by atoms with Crippen molar-refractivity contribution in [2.45, 2.75) is 31.1 Å². The van der Waals surface area contributed by atoms with Crippen molar-refractivity contribution in [3.05, 3.63) is 35.6 Å². The first-order valence-electron chi connectivity index (χ1n) is 6.48. The predicted molar refractivity (Wildman–Crippen MR) is 69.4 cm³/mol. The molecule has 0 saturated heterocycles. The molecule has 0 N–H and O–H groups in total. The smallest absolute Gasteiger partial charge is 0.123 e. The lowest BCUT2D eigenvalue weighted by molar-refractivity contribution is -0.874. The van der Waals surface area contributed by atoms with E-state index in [2.05, 4.69) is 27.2 Å². The number of likely N-dealkylation sites (N-methyl/N-ethyl adjacent to an activating group) is 1. The highest BCUT2D eigenvalue weighted by Crippen LogP contribution is 2.42. The molecular weight excluding hydrogens is 340 g/mol. The summed E-state index contributed by atoms with van der Waals surface area (Å²) in [6, 6.07) is 7.23. The van der Waals surface area contributed by atoms with Crippen LogP contribution in [0.15, 0.2) is 24.3 Å². The average molecular weight is 363 g/mol. The lowest BCUT2D eigenvalue weighted by Crippen LogP contribution is -3.00. The molecule has 1 aromatic rings. The molecule has 1 aromatic carbocycles. The molecule has 1 nitrogen and oxygen atoms in total. The second kappa shape index (κ2) is 5.87. The summed E-state index contributed by atoms with van der Waals surface area (Å²) in [5, 5.41) is 0. The van der Waals surface area contributed by atoms with Gasteiger partial charge in [-0.25, -0.2) is 4.39 Å². The third kappa shape index (κ3) is 3.67. The molecule has 0 radical (unpaired) electrons. The highest BCUT2D eigenvalue weighted by atomic mass is 127. The number of rotatable bonds is 3. The first-order valence-corrected chi connectivity index (χ1v) is 6.48. The molecule has 1 saturated carbocycles. The van der Waals surface area contributed by atoms with Crippen LogP contribution in [0, 0.1) is 5.82 Å². The fraction of sp³-hybridized carbons (Fsp3) is 0.600. The Kier molecular flexibility index (Phi) is 5.18. The van der Waals surface area contributed by atoms with Gasteiger partial charge in [-0.3, -0.25) is 0 Å². The monoisotopic (exact) mass is 363 g/mol. The Labute approximate surface area is 127 Å². The van der Waals surface area contributed by atoms with Gasteiger partial charge >= 0.3 is 0 Å². The first-order chi connectivity index (χ1) is 7.91. The van der Waals surface area contributed by atoms with Gasteiger partial charge in [0.15, 0.2) is 0 Å². The fourth-order valence-corrected chi connectivity index (χ4v) is 3.32. The molecule has 0 heterocycles. The van der Waals surface area contributed by atoms with Gasteiger partial charge in [-0.15, -0.1) is 0 Å². The quantitative estimate of drug-likeness (QED) is 0.537. The van der Waals surface area contributed by atoms with Crippen molar-refractivity contribution < 1.29 is 32.9 Å². The van der Waals surface area contributed by atoms with E-state index in [1.807, 2.05) is 6.07 Å². The van der Waals surface area contributed by atoms with Gasteiger partial charge < -0.3 is 28.5 Å². The predicted octanol–water partition coefficient (Wildman–Crippen LogP) is 0.348. The van der Waals surface area contributed by atoms with Gasteiger partial charge in [-0.05, 0) is 30.5 Å². The van der Waals surface area contributed by atoms with Crippen LogP contribution >= 0.6 is 0 Å². The highest BCUT2D eigenvalue weighted by Gasteiger charge is 2.40. The number of nitrogens with zero attached hydrogens (tertiary/aromatic N) is 1. The molecule has 0 bridgehead atoms. The molecule has 1 aliphatic rings. The molecule has 0 aromatic heterocycles. The Balaban J connectivity index is 0.00000162. The summed E-state index contributed by atoms with van der Waals surface area (Å²) in [4.78, 5) is 0. The van der Waals surface area contributed by atoms with Crippen LogP contribution in [-0.4, -0.2) is 32.2 Å². The standard InChI is InChI=1S/C15H23FN.HI/c1-17(2,3)12-15(9-4-5-10-15)13-7-6-8-14(16)11-13;/h6-8,11H,4-5,9-10,12H2,1-3H3;1H/q+1;/p-1. The van der Waals surface area contributed by atoms with Crippen molar-refractivity contribution in [2.75, 3.05) is 27.7 Å². The zero-order valence-electron chi connectivity index (χ0n) is 11.5. The maximum Gasteiger partial charge on any atom is 0.123 e. The van der Waals surface area contributed by atoms with E-state index in [9.17, 15) is 4.39 Å². The number of hydrogen-bond acceptors (Lipinski definition) is 0. The number of halogens is 2. The third-order valence-corrected chi connectivity index (χ3v) is 3.77. The van der Waals surface area contributed by atoms with Crippen LogP contribution in [0.2, 0.25) is 0 Å². The Bertz CT molecular complexity index is 392. The Morgan fingerprint density at radius 3 is 2.28 bits per heavy atom. The van der Waals surface area contributed by atoms with Crippen molar-refractivity contribution in [3.8, 4) is 0 Å². The van der Waals surface area contributed by atoms with Gasteiger partial charge in [-0.2, -0.15) is 0 Å². The number of benzene rings is 1. The summed E-state index contributed by atoms with van der Waals surface area (Å²) in [7, 11) is 6.66. The summed E-state index contributed by atoms with van der Waals surface area (Å²) in [6.45, 7) is 1.09. The van der Waals surface area contributed by atoms with E-state index in [-0.39, 0.29) is 35.2 Å². The summed E-state index contributed by atoms with van der Waals surface area (Å²) < 4.78 is 14.4. The van der Waals surface area contributed by atoms with E-state index in [0.29, 0.717) is 0 Å². The van der Waals surface area contributed by atoms with Crippen LogP contribution in [0.25, 0.3) is 0 Å². The van der Waals surface area contributed by atoms with E-state index in [0.717, 1.165) is 11.0 Å². The largest absolute Gasteiger partial charge is 1.00 e.